The molecule has 152 valence electrons. The van der Waals surface area contributed by atoms with Crippen LogP contribution >= 0.6 is 0 Å². The minimum absolute atomic E-state index is 0.0608. The van der Waals surface area contributed by atoms with Crippen molar-refractivity contribution in [1.29, 1.82) is 0 Å². The molecule has 3 aromatic carbocycles. The van der Waals surface area contributed by atoms with E-state index in [0.717, 1.165) is 22.3 Å². The average molecular weight is 409 g/mol. The summed E-state index contributed by atoms with van der Waals surface area (Å²) < 4.78 is 0. The Balaban J connectivity index is 1.56. The molecule has 0 saturated carbocycles. The Kier molecular flexibility index (Phi) is 3.58. The van der Waals surface area contributed by atoms with Crippen LogP contribution < -0.4 is 4.90 Å². The number of hydrogen-bond acceptors (Lipinski definition) is 3. The predicted molar refractivity (Wildman–Crippen MR) is 114 cm³/mol. The monoisotopic (exact) mass is 409 g/mol. The second kappa shape index (κ2) is 6.14. The number of carbonyl (C=O) groups is 3. The van der Waals surface area contributed by atoms with E-state index >= 15 is 0 Å². The molecular weight excluding hydrogens is 390 g/mol. The Morgan fingerprint density at radius 2 is 1.23 bits per heavy atom. The quantitative estimate of drug-likeness (QED) is 0.647. The molecule has 5 nitrogen and oxygen atoms in total. The standard InChI is InChI=1S/C26H19NO4/c1-13-10-11-14(26(30)31)12-19(13)27-24(28)22-20-15-6-2-3-7-16(15)21(23(22)25(27)29)18-9-5-4-8-17(18)20/h2-12,20-23H,1H3,(H,30,31). The van der Waals surface area contributed by atoms with E-state index in [0.29, 0.717) is 11.3 Å². The van der Waals surface area contributed by atoms with E-state index in [1.165, 1.54) is 17.0 Å². The number of imide groups is 1. The molecular formula is C26H19NO4. The molecule has 2 bridgehead atoms. The zero-order chi connectivity index (χ0) is 21.4. The molecule has 2 unspecified atom stereocenters. The van der Waals surface area contributed by atoms with Crippen molar-refractivity contribution in [3.8, 4) is 0 Å². The highest BCUT2D eigenvalue weighted by Gasteiger charge is 2.61. The minimum atomic E-state index is -1.09. The summed E-state index contributed by atoms with van der Waals surface area (Å²) in [6.45, 7) is 1.79. The first kappa shape index (κ1) is 18.1. The first-order valence-corrected chi connectivity index (χ1v) is 10.4. The number of nitrogens with zero attached hydrogens (tertiary/aromatic N) is 1. The predicted octanol–water partition coefficient (Wildman–Crippen LogP) is 4.09. The molecule has 7 rings (SSSR count). The van der Waals surface area contributed by atoms with E-state index in [2.05, 4.69) is 24.3 Å². The number of carbonyl (C=O) groups excluding carboxylic acids is 2. The number of hydrogen-bond donors (Lipinski definition) is 1. The second-order valence-corrected chi connectivity index (χ2v) is 8.58. The molecule has 0 spiro atoms. The third-order valence-corrected chi connectivity index (χ3v) is 7.15. The third-order valence-electron chi connectivity index (χ3n) is 7.15. The van der Waals surface area contributed by atoms with Crippen LogP contribution in [0.25, 0.3) is 0 Å². The van der Waals surface area contributed by atoms with Crippen molar-refractivity contribution in [2.45, 2.75) is 18.8 Å². The lowest BCUT2D eigenvalue weighted by atomic mass is 9.55. The molecule has 0 radical (unpaired) electrons. The van der Waals surface area contributed by atoms with Crippen LogP contribution in [-0.4, -0.2) is 22.9 Å². The highest BCUT2D eigenvalue weighted by atomic mass is 16.4. The first-order valence-electron chi connectivity index (χ1n) is 10.4. The van der Waals surface area contributed by atoms with Gasteiger partial charge in [-0.1, -0.05) is 54.6 Å². The fourth-order valence-corrected chi connectivity index (χ4v) is 5.90. The first-order chi connectivity index (χ1) is 15.0. The summed E-state index contributed by atoms with van der Waals surface area (Å²) in [4.78, 5) is 40.3. The van der Waals surface area contributed by atoms with Crippen molar-refractivity contribution in [3.63, 3.8) is 0 Å². The molecule has 3 aromatic rings. The lowest BCUT2D eigenvalue weighted by molar-refractivity contribution is -0.122. The maximum absolute atomic E-state index is 13.8. The summed E-state index contributed by atoms with van der Waals surface area (Å²) in [5.74, 6) is -2.86. The highest BCUT2D eigenvalue weighted by Crippen LogP contribution is 2.61. The van der Waals surface area contributed by atoms with Gasteiger partial charge >= 0.3 is 5.97 Å². The van der Waals surface area contributed by atoms with E-state index in [1.54, 1.807) is 13.0 Å². The SMILES string of the molecule is Cc1ccc(C(=O)O)cc1N1C(=O)C2C3c4ccccc4C(c4ccccc43)C2C1=O. The lowest BCUT2D eigenvalue weighted by Gasteiger charge is -2.45. The molecule has 1 aliphatic heterocycles. The van der Waals surface area contributed by atoms with Crippen LogP contribution in [0.5, 0.6) is 0 Å². The average Bonchev–Trinajstić information content (AvgIpc) is 3.05. The second-order valence-electron chi connectivity index (χ2n) is 8.58. The van der Waals surface area contributed by atoms with Gasteiger partial charge in [0.15, 0.2) is 0 Å². The van der Waals surface area contributed by atoms with E-state index in [-0.39, 0.29) is 29.2 Å². The van der Waals surface area contributed by atoms with Crippen molar-refractivity contribution in [3.05, 3.63) is 100 Å². The van der Waals surface area contributed by atoms with Crippen molar-refractivity contribution in [1.82, 2.24) is 0 Å². The zero-order valence-corrected chi connectivity index (χ0v) is 16.8. The van der Waals surface area contributed by atoms with Gasteiger partial charge in [0.1, 0.15) is 0 Å². The number of benzene rings is 3. The summed E-state index contributed by atoms with van der Waals surface area (Å²) in [7, 11) is 0. The molecule has 1 N–H and O–H groups in total. The molecule has 1 saturated heterocycles. The van der Waals surface area contributed by atoms with Crippen LogP contribution in [0.4, 0.5) is 5.69 Å². The number of carboxylic acids is 1. The normalized spacial score (nSPS) is 25.3. The number of anilines is 1. The molecule has 4 aliphatic rings. The fourth-order valence-electron chi connectivity index (χ4n) is 5.90. The Bertz CT molecular complexity index is 1190. The summed E-state index contributed by atoms with van der Waals surface area (Å²) in [6.07, 6.45) is 0. The summed E-state index contributed by atoms with van der Waals surface area (Å²) in [5.41, 5.74) is 5.60. The topological polar surface area (TPSA) is 74.7 Å². The van der Waals surface area contributed by atoms with Crippen LogP contribution in [0.1, 0.15) is 50.0 Å². The number of amides is 2. The molecule has 3 aliphatic carbocycles. The fraction of sp³-hybridized carbons (Fsp3) is 0.192. The molecule has 5 heteroatoms. The maximum atomic E-state index is 13.8. The summed E-state index contributed by atoms with van der Waals surface area (Å²) in [5, 5.41) is 9.42. The highest BCUT2D eigenvalue weighted by molar-refractivity contribution is 6.24. The minimum Gasteiger partial charge on any atom is -0.478 e. The zero-order valence-electron chi connectivity index (χ0n) is 16.8. The number of aromatic carboxylic acids is 1. The van der Waals surface area contributed by atoms with Crippen molar-refractivity contribution in [2.24, 2.45) is 11.8 Å². The van der Waals surface area contributed by atoms with Gasteiger partial charge in [0, 0.05) is 11.8 Å². The van der Waals surface area contributed by atoms with Gasteiger partial charge in [-0.05, 0) is 46.9 Å². The van der Waals surface area contributed by atoms with E-state index in [9.17, 15) is 19.5 Å². The van der Waals surface area contributed by atoms with E-state index in [4.69, 9.17) is 0 Å². The smallest absolute Gasteiger partial charge is 0.335 e. The van der Waals surface area contributed by atoms with Gasteiger partial charge in [-0.3, -0.25) is 9.59 Å². The third kappa shape index (κ3) is 2.23. The van der Waals surface area contributed by atoms with Gasteiger partial charge in [0.05, 0.1) is 23.1 Å². The van der Waals surface area contributed by atoms with Gasteiger partial charge in [0.2, 0.25) is 11.8 Å². The van der Waals surface area contributed by atoms with Gasteiger partial charge in [-0.25, -0.2) is 9.69 Å². The van der Waals surface area contributed by atoms with E-state index < -0.39 is 17.8 Å². The van der Waals surface area contributed by atoms with Gasteiger partial charge in [-0.15, -0.1) is 0 Å². The Morgan fingerprint density at radius 3 is 1.65 bits per heavy atom. The van der Waals surface area contributed by atoms with Gasteiger partial charge < -0.3 is 5.11 Å². The largest absolute Gasteiger partial charge is 0.478 e. The number of aryl methyl sites for hydroxylation is 1. The van der Waals surface area contributed by atoms with Crippen LogP contribution in [0, 0.1) is 18.8 Å². The van der Waals surface area contributed by atoms with Gasteiger partial charge in [0.25, 0.3) is 0 Å². The molecule has 0 aromatic heterocycles. The Labute approximate surface area is 178 Å². The van der Waals surface area contributed by atoms with Crippen LogP contribution in [-0.2, 0) is 9.59 Å². The van der Waals surface area contributed by atoms with Crippen molar-refractivity contribution in [2.75, 3.05) is 4.90 Å². The van der Waals surface area contributed by atoms with Crippen LogP contribution in [0.2, 0.25) is 0 Å². The lowest BCUT2D eigenvalue weighted by Crippen LogP contribution is -2.41. The molecule has 31 heavy (non-hydrogen) atoms. The van der Waals surface area contributed by atoms with Crippen LogP contribution in [0.15, 0.2) is 66.7 Å². The van der Waals surface area contributed by atoms with Gasteiger partial charge in [-0.2, -0.15) is 0 Å². The maximum Gasteiger partial charge on any atom is 0.335 e. The molecule has 1 fully saturated rings. The number of carboxylic acid groups (broad SMARTS) is 1. The van der Waals surface area contributed by atoms with Crippen molar-refractivity contribution < 1.29 is 19.5 Å². The van der Waals surface area contributed by atoms with Crippen LogP contribution in [0.3, 0.4) is 0 Å². The molecule has 1 heterocycles. The Morgan fingerprint density at radius 1 is 0.774 bits per heavy atom. The Hall–Kier alpha value is -3.73. The summed E-state index contributed by atoms with van der Waals surface area (Å²) in [6, 6.07) is 20.8. The number of rotatable bonds is 2. The van der Waals surface area contributed by atoms with E-state index in [1.807, 2.05) is 24.3 Å². The van der Waals surface area contributed by atoms with Crippen molar-refractivity contribution >= 4 is 23.5 Å². The summed E-state index contributed by atoms with van der Waals surface area (Å²) >= 11 is 0. The molecule has 2 atom stereocenters. The molecule has 2 amide bonds.